The molecule has 1 aromatic carbocycles. The Morgan fingerprint density at radius 1 is 0.966 bits per heavy atom. The van der Waals surface area contributed by atoms with Crippen LogP contribution in [0.4, 0.5) is 0 Å². The molecule has 3 aliphatic rings. The third-order valence-corrected chi connectivity index (χ3v) is 6.64. The SMILES string of the molecule is C1=CCN(CC2(c3ccc(OCCCN4CCCCC4)cc3)CCOCC2)C=C1. The van der Waals surface area contributed by atoms with Gasteiger partial charge in [0.05, 0.1) is 6.61 Å². The Hall–Kier alpha value is -1.78. The molecule has 3 heterocycles. The number of piperidine rings is 1. The van der Waals surface area contributed by atoms with Gasteiger partial charge in [-0.15, -0.1) is 0 Å². The van der Waals surface area contributed by atoms with Crippen LogP contribution in [0.1, 0.15) is 44.1 Å². The maximum atomic E-state index is 6.04. The van der Waals surface area contributed by atoms with E-state index in [0.717, 1.165) is 57.9 Å². The Labute approximate surface area is 176 Å². The molecule has 0 saturated carbocycles. The van der Waals surface area contributed by atoms with E-state index in [4.69, 9.17) is 9.47 Å². The molecule has 4 nitrogen and oxygen atoms in total. The van der Waals surface area contributed by atoms with E-state index < -0.39 is 0 Å². The van der Waals surface area contributed by atoms with E-state index in [9.17, 15) is 0 Å². The first-order valence-corrected chi connectivity index (χ1v) is 11.4. The topological polar surface area (TPSA) is 24.9 Å². The Morgan fingerprint density at radius 3 is 2.48 bits per heavy atom. The first kappa shape index (κ1) is 20.5. The minimum atomic E-state index is 0.167. The highest BCUT2D eigenvalue weighted by molar-refractivity contribution is 5.33. The van der Waals surface area contributed by atoms with Crippen LogP contribution < -0.4 is 4.74 Å². The lowest BCUT2D eigenvalue weighted by molar-refractivity contribution is 0.0406. The Balaban J connectivity index is 1.31. The highest BCUT2D eigenvalue weighted by Crippen LogP contribution is 2.37. The molecule has 0 aliphatic carbocycles. The van der Waals surface area contributed by atoms with Crippen molar-refractivity contribution in [2.75, 3.05) is 52.5 Å². The predicted molar refractivity (Wildman–Crippen MR) is 118 cm³/mol. The van der Waals surface area contributed by atoms with E-state index >= 15 is 0 Å². The maximum absolute atomic E-state index is 6.04. The molecule has 0 unspecified atom stereocenters. The second-order valence-corrected chi connectivity index (χ2v) is 8.72. The maximum Gasteiger partial charge on any atom is 0.119 e. The standard InChI is InChI=1S/C25H36N2O2/c1-3-14-26(15-4-1)18-7-19-29-24-10-8-23(9-11-24)25(12-20-28-21-13-25)22-27-16-5-2-6-17-27/h2,5-6,8-11,16H,1,3-4,7,12-15,17-22H2. The molecule has 0 N–H and O–H groups in total. The van der Waals surface area contributed by atoms with Crippen LogP contribution in [-0.4, -0.2) is 62.3 Å². The Kier molecular flexibility index (Phi) is 7.28. The van der Waals surface area contributed by atoms with Gasteiger partial charge in [-0.25, -0.2) is 0 Å². The fourth-order valence-electron chi connectivity index (χ4n) is 4.88. The van der Waals surface area contributed by atoms with Gasteiger partial charge in [0.15, 0.2) is 0 Å². The van der Waals surface area contributed by atoms with Crippen molar-refractivity contribution in [1.82, 2.24) is 9.80 Å². The lowest BCUT2D eigenvalue weighted by Gasteiger charge is -2.41. The van der Waals surface area contributed by atoms with Gasteiger partial charge in [-0.1, -0.05) is 30.7 Å². The molecule has 1 aromatic rings. The molecule has 0 radical (unpaired) electrons. The summed E-state index contributed by atoms with van der Waals surface area (Å²) in [5, 5.41) is 0. The molecule has 0 amide bonds. The summed E-state index contributed by atoms with van der Waals surface area (Å²) in [5.74, 6) is 0.996. The smallest absolute Gasteiger partial charge is 0.119 e. The number of likely N-dealkylation sites (tertiary alicyclic amines) is 1. The summed E-state index contributed by atoms with van der Waals surface area (Å²) in [5.41, 5.74) is 1.59. The molecule has 0 spiro atoms. The lowest BCUT2D eigenvalue weighted by Crippen LogP contribution is -2.43. The van der Waals surface area contributed by atoms with Gasteiger partial charge in [0.1, 0.15) is 5.75 Å². The average molecular weight is 397 g/mol. The summed E-state index contributed by atoms with van der Waals surface area (Å²) in [6.45, 7) is 8.25. The number of rotatable bonds is 8. The number of hydrogen-bond acceptors (Lipinski definition) is 4. The number of ether oxygens (including phenoxy) is 2. The van der Waals surface area contributed by atoms with Gasteiger partial charge in [0.25, 0.3) is 0 Å². The second-order valence-electron chi connectivity index (χ2n) is 8.72. The van der Waals surface area contributed by atoms with Crippen LogP contribution in [0.25, 0.3) is 0 Å². The molecule has 29 heavy (non-hydrogen) atoms. The number of nitrogens with zero attached hydrogens (tertiary/aromatic N) is 2. The van der Waals surface area contributed by atoms with Gasteiger partial charge in [-0.05, 0) is 75.2 Å². The zero-order valence-corrected chi connectivity index (χ0v) is 17.7. The Morgan fingerprint density at radius 2 is 1.76 bits per heavy atom. The van der Waals surface area contributed by atoms with Gasteiger partial charge < -0.3 is 19.3 Å². The van der Waals surface area contributed by atoms with Crippen molar-refractivity contribution in [2.24, 2.45) is 0 Å². The molecule has 0 aromatic heterocycles. The summed E-state index contributed by atoms with van der Waals surface area (Å²) >= 11 is 0. The molecule has 3 aliphatic heterocycles. The minimum Gasteiger partial charge on any atom is -0.494 e. The van der Waals surface area contributed by atoms with E-state index in [1.165, 1.54) is 44.5 Å². The lowest BCUT2D eigenvalue weighted by atomic mass is 9.73. The predicted octanol–water partition coefficient (Wildman–Crippen LogP) is 4.38. The van der Waals surface area contributed by atoms with Crippen LogP contribution in [0.3, 0.4) is 0 Å². The first-order chi connectivity index (χ1) is 14.3. The van der Waals surface area contributed by atoms with Crippen molar-refractivity contribution >= 4 is 0 Å². The highest BCUT2D eigenvalue weighted by Gasteiger charge is 2.35. The van der Waals surface area contributed by atoms with E-state index in [1.807, 2.05) is 0 Å². The normalized spacial score (nSPS) is 22.0. The number of allylic oxidation sites excluding steroid dienone is 2. The zero-order valence-electron chi connectivity index (χ0n) is 17.7. The van der Waals surface area contributed by atoms with Crippen molar-refractivity contribution in [3.8, 4) is 5.75 Å². The van der Waals surface area contributed by atoms with Gasteiger partial charge in [-0.3, -0.25) is 0 Å². The third kappa shape index (κ3) is 5.64. The molecule has 4 rings (SSSR count). The molecular formula is C25H36N2O2. The third-order valence-electron chi connectivity index (χ3n) is 6.64. The number of hydrogen-bond donors (Lipinski definition) is 0. The summed E-state index contributed by atoms with van der Waals surface area (Å²) in [7, 11) is 0. The summed E-state index contributed by atoms with van der Waals surface area (Å²) in [6, 6.07) is 8.91. The summed E-state index contributed by atoms with van der Waals surface area (Å²) in [6.07, 6.45) is 16.1. The molecule has 2 fully saturated rings. The molecule has 0 bridgehead atoms. The van der Waals surface area contributed by atoms with Gasteiger partial charge in [0.2, 0.25) is 0 Å². The highest BCUT2D eigenvalue weighted by atomic mass is 16.5. The van der Waals surface area contributed by atoms with E-state index in [1.54, 1.807) is 0 Å². The molecule has 2 saturated heterocycles. The molecule has 158 valence electrons. The average Bonchev–Trinajstić information content (AvgIpc) is 2.79. The van der Waals surface area contributed by atoms with Crippen molar-refractivity contribution in [1.29, 1.82) is 0 Å². The van der Waals surface area contributed by atoms with Crippen LogP contribution in [0, 0.1) is 0 Å². The fourth-order valence-corrected chi connectivity index (χ4v) is 4.88. The fraction of sp³-hybridized carbons (Fsp3) is 0.600. The van der Waals surface area contributed by atoms with Gasteiger partial charge >= 0.3 is 0 Å². The van der Waals surface area contributed by atoms with E-state index in [-0.39, 0.29) is 5.41 Å². The first-order valence-electron chi connectivity index (χ1n) is 11.4. The minimum absolute atomic E-state index is 0.167. The summed E-state index contributed by atoms with van der Waals surface area (Å²) < 4.78 is 11.7. The zero-order chi connectivity index (χ0) is 19.8. The molecule has 4 heteroatoms. The van der Waals surface area contributed by atoms with Crippen LogP contribution in [0.2, 0.25) is 0 Å². The van der Waals surface area contributed by atoms with Gasteiger partial charge in [0, 0.05) is 38.3 Å². The van der Waals surface area contributed by atoms with Crippen LogP contribution in [0.5, 0.6) is 5.75 Å². The molecule has 0 atom stereocenters. The summed E-state index contributed by atoms with van der Waals surface area (Å²) in [4.78, 5) is 5.01. The molecular weight excluding hydrogens is 360 g/mol. The van der Waals surface area contributed by atoms with Crippen LogP contribution in [0.15, 0.2) is 48.7 Å². The van der Waals surface area contributed by atoms with Crippen molar-refractivity contribution < 1.29 is 9.47 Å². The van der Waals surface area contributed by atoms with Crippen LogP contribution in [-0.2, 0) is 10.2 Å². The largest absolute Gasteiger partial charge is 0.494 e. The van der Waals surface area contributed by atoms with E-state index in [0.29, 0.717) is 0 Å². The quantitative estimate of drug-likeness (QED) is 0.609. The Bertz CT molecular complexity index is 671. The van der Waals surface area contributed by atoms with Crippen molar-refractivity contribution in [3.63, 3.8) is 0 Å². The van der Waals surface area contributed by atoms with Crippen molar-refractivity contribution in [2.45, 2.75) is 43.9 Å². The van der Waals surface area contributed by atoms with Gasteiger partial charge in [-0.2, -0.15) is 0 Å². The van der Waals surface area contributed by atoms with Crippen molar-refractivity contribution in [3.05, 3.63) is 54.3 Å². The second kappa shape index (κ2) is 10.3. The van der Waals surface area contributed by atoms with E-state index in [2.05, 4.69) is 58.5 Å². The van der Waals surface area contributed by atoms with Crippen LogP contribution >= 0.6 is 0 Å². The monoisotopic (exact) mass is 396 g/mol. The number of benzene rings is 1.